The van der Waals surface area contributed by atoms with Gasteiger partial charge >= 0.3 is 0 Å². The lowest BCUT2D eigenvalue weighted by Gasteiger charge is -2.58. The van der Waals surface area contributed by atoms with Crippen LogP contribution in [0.1, 0.15) is 85.3 Å². The molecule has 1 heterocycles. The highest BCUT2D eigenvalue weighted by atomic mass is 28.4. The molecule has 3 aliphatic rings. The van der Waals surface area contributed by atoms with E-state index in [0.29, 0.717) is 12.2 Å². The molecular formula is C39H54O5Si. The zero-order valence-corrected chi connectivity index (χ0v) is 28.9. The summed E-state index contributed by atoms with van der Waals surface area (Å²) in [7, 11) is -2.71. The highest BCUT2D eigenvalue weighted by Gasteiger charge is 2.65. The van der Waals surface area contributed by atoms with Crippen LogP contribution in [0.4, 0.5) is 0 Å². The Morgan fingerprint density at radius 3 is 1.96 bits per heavy atom. The molecule has 1 aromatic heterocycles. The van der Waals surface area contributed by atoms with Gasteiger partial charge in [-0.2, -0.15) is 0 Å². The number of hydrogen-bond acceptors (Lipinski definition) is 5. The minimum absolute atomic E-state index is 0.0403. The van der Waals surface area contributed by atoms with Gasteiger partial charge < -0.3 is 24.2 Å². The van der Waals surface area contributed by atoms with Crippen molar-refractivity contribution < 1.29 is 24.2 Å². The average Bonchev–Trinajstić information content (AvgIpc) is 3.68. The van der Waals surface area contributed by atoms with Crippen molar-refractivity contribution in [3.63, 3.8) is 0 Å². The quantitative estimate of drug-likeness (QED) is 0.243. The molecule has 0 bridgehead atoms. The predicted molar refractivity (Wildman–Crippen MR) is 182 cm³/mol. The molecule has 2 aromatic carbocycles. The number of rotatable bonds is 8. The van der Waals surface area contributed by atoms with Gasteiger partial charge in [0.15, 0.2) is 0 Å². The van der Waals surface area contributed by atoms with E-state index < -0.39 is 13.9 Å². The molecule has 3 aromatic rings. The molecule has 0 aliphatic heterocycles. The van der Waals surface area contributed by atoms with Gasteiger partial charge in [-0.05, 0) is 102 Å². The van der Waals surface area contributed by atoms with Gasteiger partial charge in [-0.15, -0.1) is 0 Å². The lowest BCUT2D eigenvalue weighted by Crippen LogP contribution is -2.68. The van der Waals surface area contributed by atoms with Crippen molar-refractivity contribution >= 4 is 18.7 Å². The van der Waals surface area contributed by atoms with Crippen LogP contribution in [0.3, 0.4) is 0 Å². The minimum atomic E-state index is -2.71. The molecule has 0 amide bonds. The summed E-state index contributed by atoms with van der Waals surface area (Å²) in [6.07, 6.45) is 7.72. The first-order valence-electron chi connectivity index (χ1n) is 17.2. The number of benzene rings is 2. The smallest absolute Gasteiger partial charge is 0.261 e. The van der Waals surface area contributed by atoms with Gasteiger partial charge in [0.05, 0.1) is 6.26 Å². The second kappa shape index (κ2) is 12.1. The highest BCUT2D eigenvalue weighted by Crippen LogP contribution is 2.67. The maximum atomic E-state index is 12.0. The summed E-state index contributed by atoms with van der Waals surface area (Å²) in [5.74, 6) is 1.26. The van der Waals surface area contributed by atoms with Crippen LogP contribution < -0.4 is 10.4 Å². The van der Waals surface area contributed by atoms with Crippen molar-refractivity contribution in [2.24, 2.45) is 34.5 Å². The molecule has 3 saturated carbocycles. The summed E-state index contributed by atoms with van der Waals surface area (Å²) >= 11 is 0. The fourth-order valence-electron chi connectivity index (χ4n) is 10.5. The third-order valence-corrected chi connectivity index (χ3v) is 18.1. The Labute approximate surface area is 271 Å². The molecule has 0 spiro atoms. The molecule has 6 heteroatoms. The zero-order valence-electron chi connectivity index (χ0n) is 27.9. The van der Waals surface area contributed by atoms with Gasteiger partial charge in [-0.3, -0.25) is 0 Å². The maximum Gasteiger partial charge on any atom is 0.261 e. The number of aliphatic hydroxyl groups excluding tert-OH is 2. The molecule has 5 nitrogen and oxygen atoms in total. The van der Waals surface area contributed by atoms with Gasteiger partial charge in [0.2, 0.25) is 0 Å². The van der Waals surface area contributed by atoms with Crippen molar-refractivity contribution in [3.05, 3.63) is 84.8 Å². The van der Waals surface area contributed by atoms with Crippen molar-refractivity contribution in [1.82, 2.24) is 0 Å². The Bertz CT molecular complexity index is 1360. The summed E-state index contributed by atoms with van der Waals surface area (Å²) < 4.78 is 13.4. The first-order valence-corrected chi connectivity index (χ1v) is 19.1. The molecule has 45 heavy (non-hydrogen) atoms. The molecule has 3 aliphatic carbocycles. The molecule has 244 valence electrons. The number of fused-ring (bicyclic) bond motifs is 1. The van der Waals surface area contributed by atoms with Crippen molar-refractivity contribution in [2.45, 2.75) is 96.3 Å². The summed E-state index contributed by atoms with van der Waals surface area (Å²) in [6.45, 7) is 11.8. The maximum absolute atomic E-state index is 12.0. The van der Waals surface area contributed by atoms with E-state index in [4.69, 9.17) is 8.84 Å². The topological polar surface area (TPSA) is 83.1 Å². The predicted octanol–water partition coefficient (Wildman–Crippen LogP) is 6.65. The van der Waals surface area contributed by atoms with E-state index in [1.54, 1.807) is 6.26 Å². The summed E-state index contributed by atoms with van der Waals surface area (Å²) in [4.78, 5) is 0. The lowest BCUT2D eigenvalue weighted by atomic mass is 9.48. The van der Waals surface area contributed by atoms with Crippen LogP contribution in [0.25, 0.3) is 0 Å². The second-order valence-electron chi connectivity index (χ2n) is 16.0. The van der Waals surface area contributed by atoms with E-state index >= 15 is 0 Å². The molecule has 0 radical (unpaired) electrons. The SMILES string of the molecule is CC(C)(C)[Si](O[C@H]1CC[C@](C)([C@H]2CC[C@@]3(C)[C@@H](CC[C@@]3(O)c3ccco3)[C@@H]2CO)[C@@H](CO)C1)(c1ccccc1)c1ccccc1. The van der Waals surface area contributed by atoms with Gasteiger partial charge in [0.1, 0.15) is 11.4 Å². The van der Waals surface area contributed by atoms with Crippen LogP contribution >= 0.6 is 0 Å². The van der Waals surface area contributed by atoms with Gasteiger partial charge in [0, 0.05) is 24.7 Å². The van der Waals surface area contributed by atoms with Crippen molar-refractivity contribution in [3.8, 4) is 0 Å². The molecule has 6 rings (SSSR count). The van der Waals surface area contributed by atoms with E-state index in [0.717, 1.165) is 38.5 Å². The highest BCUT2D eigenvalue weighted by molar-refractivity contribution is 6.99. The van der Waals surface area contributed by atoms with E-state index in [-0.39, 0.29) is 58.9 Å². The standard InChI is InChI=1S/C39H54O5Si/c1-36(2,3)45(30-13-8-6-9-14-30,31-15-10-7-11-16-31)44-29-18-21-37(4,28(25-29)26-40)33-19-22-38(5)34(32(33)27-41)20-23-39(38,42)35-17-12-24-43-35/h6-17,24,28-29,32-34,40-42H,18-23,25-27H2,1-5H3/t28-,29+,32-,33+,34+,37+,38+,39-/m1/s1. The third-order valence-electron chi connectivity index (χ3n) is 13.0. The number of aliphatic hydroxyl groups is 3. The fraction of sp³-hybridized carbons (Fsp3) is 0.590. The Morgan fingerprint density at radius 1 is 0.800 bits per heavy atom. The van der Waals surface area contributed by atoms with Crippen LogP contribution in [-0.4, -0.2) is 43.0 Å². The Balaban J connectivity index is 1.29. The fourth-order valence-corrected chi connectivity index (χ4v) is 15.2. The molecule has 0 unspecified atom stereocenters. The van der Waals surface area contributed by atoms with E-state index in [1.165, 1.54) is 10.4 Å². The molecule has 0 saturated heterocycles. The van der Waals surface area contributed by atoms with Crippen molar-refractivity contribution in [1.29, 1.82) is 0 Å². The van der Waals surface area contributed by atoms with E-state index in [1.807, 2.05) is 12.1 Å². The Kier molecular flexibility index (Phi) is 8.79. The Hall–Kier alpha value is -2.22. The second-order valence-corrected chi connectivity index (χ2v) is 20.2. The monoisotopic (exact) mass is 630 g/mol. The molecule has 3 N–H and O–H groups in total. The van der Waals surface area contributed by atoms with Gasteiger partial charge in [-0.1, -0.05) is 95.3 Å². The summed E-state index contributed by atoms with van der Waals surface area (Å²) in [5, 5.41) is 36.5. The van der Waals surface area contributed by atoms with E-state index in [9.17, 15) is 15.3 Å². The largest absolute Gasteiger partial charge is 0.466 e. The number of hydrogen-bond donors (Lipinski definition) is 3. The molecular weight excluding hydrogens is 577 g/mol. The van der Waals surface area contributed by atoms with Gasteiger partial charge in [0.25, 0.3) is 8.32 Å². The van der Waals surface area contributed by atoms with Gasteiger partial charge in [-0.25, -0.2) is 0 Å². The molecule has 8 atom stereocenters. The zero-order chi connectivity index (χ0) is 32.1. The lowest BCUT2D eigenvalue weighted by molar-refractivity contribution is -0.158. The van der Waals surface area contributed by atoms with Crippen LogP contribution in [0, 0.1) is 34.5 Å². The average molecular weight is 631 g/mol. The Morgan fingerprint density at radius 2 is 1.42 bits per heavy atom. The molecule has 3 fully saturated rings. The van der Waals surface area contributed by atoms with Crippen LogP contribution in [0.5, 0.6) is 0 Å². The third kappa shape index (κ3) is 5.11. The van der Waals surface area contributed by atoms with Crippen LogP contribution in [0.2, 0.25) is 5.04 Å². The summed E-state index contributed by atoms with van der Waals surface area (Å²) in [5.41, 5.74) is -1.50. The number of furan rings is 1. The first kappa shape index (κ1) is 32.7. The normalized spacial score (nSPS) is 35.7. The van der Waals surface area contributed by atoms with E-state index in [2.05, 4.69) is 95.3 Å². The van der Waals surface area contributed by atoms with Crippen LogP contribution in [0.15, 0.2) is 83.5 Å². The first-order chi connectivity index (χ1) is 21.4. The minimum Gasteiger partial charge on any atom is -0.466 e. The van der Waals surface area contributed by atoms with Crippen LogP contribution in [-0.2, 0) is 10.0 Å². The summed E-state index contributed by atoms with van der Waals surface area (Å²) in [6, 6.07) is 25.4. The van der Waals surface area contributed by atoms with Crippen molar-refractivity contribution in [2.75, 3.05) is 13.2 Å².